The Morgan fingerprint density at radius 2 is 1.96 bits per heavy atom. The second-order valence-electron chi connectivity index (χ2n) is 6.58. The Morgan fingerprint density at radius 1 is 1.25 bits per heavy atom. The van der Waals surface area contributed by atoms with Crippen molar-refractivity contribution < 1.29 is 22.7 Å². The number of benzene rings is 1. The number of anilines is 1. The van der Waals surface area contributed by atoms with Crippen LogP contribution in [0, 0.1) is 5.92 Å². The zero-order valence-electron chi connectivity index (χ0n) is 15.5. The number of allylic oxidation sites excluding steroid dienone is 2. The van der Waals surface area contributed by atoms with E-state index in [9.17, 15) is 18.0 Å². The highest BCUT2D eigenvalue weighted by atomic mass is 32.2. The van der Waals surface area contributed by atoms with Gasteiger partial charge in [-0.25, -0.2) is 8.42 Å². The van der Waals surface area contributed by atoms with Crippen LogP contribution >= 0.6 is 11.3 Å². The second-order valence-corrected chi connectivity index (χ2v) is 9.31. The average molecular weight is 420 g/mol. The number of esters is 1. The number of rotatable bonds is 6. The van der Waals surface area contributed by atoms with Crippen LogP contribution in [0.25, 0.3) is 5.57 Å². The number of carbonyl (C=O) groups is 2. The summed E-state index contributed by atoms with van der Waals surface area (Å²) in [4.78, 5) is 26.2. The zero-order chi connectivity index (χ0) is 20.3. The Labute approximate surface area is 168 Å². The summed E-state index contributed by atoms with van der Waals surface area (Å²) in [5.41, 5.74) is 2.08. The highest BCUT2D eigenvalue weighted by molar-refractivity contribution is 7.92. The highest BCUT2D eigenvalue weighted by Gasteiger charge is 2.40. The van der Waals surface area contributed by atoms with Crippen LogP contribution in [-0.4, -0.2) is 33.0 Å². The molecular weight excluding hydrogens is 398 g/mol. The fraction of sp³-hybridized carbons (Fsp3) is 0.300. The van der Waals surface area contributed by atoms with E-state index in [1.54, 1.807) is 31.2 Å². The number of nitrogens with one attached hydrogen (secondary N) is 1. The first-order chi connectivity index (χ1) is 13.3. The Kier molecular flexibility index (Phi) is 6.00. The maximum absolute atomic E-state index is 12.8. The molecule has 3 rings (SSSR count). The Morgan fingerprint density at radius 3 is 2.54 bits per heavy atom. The van der Waals surface area contributed by atoms with Gasteiger partial charge in [-0.2, -0.15) is 0 Å². The normalized spacial score (nSPS) is 19.8. The number of hydrogen-bond donors (Lipinski definition) is 1. The number of thiophene rings is 1. The van der Waals surface area contributed by atoms with Crippen LogP contribution in [0.4, 0.5) is 5.69 Å². The van der Waals surface area contributed by atoms with Gasteiger partial charge in [-0.15, -0.1) is 11.3 Å². The molecule has 0 bridgehead atoms. The average Bonchev–Trinajstić information content (AvgIpc) is 3.15. The van der Waals surface area contributed by atoms with Gasteiger partial charge >= 0.3 is 5.97 Å². The van der Waals surface area contributed by atoms with Gasteiger partial charge in [-0.3, -0.25) is 14.3 Å². The maximum atomic E-state index is 12.8. The van der Waals surface area contributed by atoms with Gasteiger partial charge in [0.2, 0.25) is 10.0 Å². The quantitative estimate of drug-likeness (QED) is 0.572. The van der Waals surface area contributed by atoms with Gasteiger partial charge in [-0.05, 0) is 54.1 Å². The van der Waals surface area contributed by atoms with Gasteiger partial charge in [-0.1, -0.05) is 18.2 Å². The number of ketones is 1. The highest BCUT2D eigenvalue weighted by Crippen LogP contribution is 2.42. The molecule has 1 aromatic carbocycles. The second kappa shape index (κ2) is 8.28. The molecule has 0 unspecified atom stereocenters. The third-order valence-corrected chi connectivity index (χ3v) is 6.08. The molecule has 0 aliphatic heterocycles. The maximum Gasteiger partial charge on any atom is 0.317 e. The summed E-state index contributed by atoms with van der Waals surface area (Å²) >= 11 is 1.51. The molecule has 0 saturated carbocycles. The van der Waals surface area contributed by atoms with Crippen molar-refractivity contribution in [1.82, 2.24) is 0 Å². The Hall–Kier alpha value is -2.45. The van der Waals surface area contributed by atoms with E-state index in [4.69, 9.17) is 4.74 Å². The van der Waals surface area contributed by atoms with Gasteiger partial charge in [0, 0.05) is 16.5 Å². The molecule has 0 radical (unpaired) electrons. The molecule has 0 amide bonds. The van der Waals surface area contributed by atoms with E-state index in [1.807, 2.05) is 17.5 Å². The van der Waals surface area contributed by atoms with Crippen molar-refractivity contribution in [2.45, 2.75) is 19.3 Å². The van der Waals surface area contributed by atoms with Crippen LogP contribution in [0.15, 0.2) is 47.9 Å². The first-order valence-corrected chi connectivity index (χ1v) is 11.6. The first kappa shape index (κ1) is 20.3. The predicted molar refractivity (Wildman–Crippen MR) is 110 cm³/mol. The molecule has 1 heterocycles. The molecule has 0 spiro atoms. The van der Waals surface area contributed by atoms with E-state index in [0.29, 0.717) is 12.1 Å². The summed E-state index contributed by atoms with van der Waals surface area (Å²) in [6.45, 7) is 1.95. The molecule has 148 valence electrons. The fourth-order valence-electron chi connectivity index (χ4n) is 3.32. The van der Waals surface area contributed by atoms with Crippen LogP contribution < -0.4 is 4.72 Å². The van der Waals surface area contributed by atoms with Gasteiger partial charge < -0.3 is 4.74 Å². The van der Waals surface area contributed by atoms with Crippen molar-refractivity contribution in [3.8, 4) is 0 Å². The number of carbonyl (C=O) groups excluding carboxylic acids is 2. The lowest BCUT2D eigenvalue weighted by Crippen LogP contribution is -2.33. The number of hydrogen-bond acceptors (Lipinski definition) is 6. The van der Waals surface area contributed by atoms with E-state index in [0.717, 1.165) is 22.3 Å². The third kappa shape index (κ3) is 4.69. The van der Waals surface area contributed by atoms with Gasteiger partial charge in [0.15, 0.2) is 5.78 Å². The SMILES string of the molecule is CCOC(=O)[C@@H]1C(=O)C=C(c2ccc(NS(C)(=O)=O)cc2)C[C@@H]1c1cccs1. The summed E-state index contributed by atoms with van der Waals surface area (Å²) in [7, 11) is -3.35. The molecule has 1 aromatic heterocycles. The molecule has 0 saturated heterocycles. The van der Waals surface area contributed by atoms with Crippen LogP contribution in [-0.2, 0) is 24.3 Å². The lowest BCUT2D eigenvalue weighted by molar-refractivity contribution is -0.151. The smallest absolute Gasteiger partial charge is 0.317 e. The van der Waals surface area contributed by atoms with Crippen molar-refractivity contribution in [2.75, 3.05) is 17.6 Å². The summed E-state index contributed by atoms with van der Waals surface area (Å²) < 4.78 is 30.2. The van der Waals surface area contributed by atoms with Crippen LogP contribution in [0.5, 0.6) is 0 Å². The first-order valence-electron chi connectivity index (χ1n) is 8.81. The van der Waals surface area contributed by atoms with Crippen molar-refractivity contribution >= 4 is 44.4 Å². The monoisotopic (exact) mass is 419 g/mol. The molecular formula is C20H21NO5S2. The van der Waals surface area contributed by atoms with E-state index in [-0.39, 0.29) is 18.3 Å². The largest absolute Gasteiger partial charge is 0.465 e. The predicted octanol–water partition coefficient (Wildman–Crippen LogP) is 3.44. The number of ether oxygens (including phenoxy) is 1. The van der Waals surface area contributed by atoms with E-state index in [1.165, 1.54) is 17.4 Å². The molecule has 2 atom stereocenters. The summed E-state index contributed by atoms with van der Waals surface area (Å²) in [5.74, 6) is -1.88. The minimum Gasteiger partial charge on any atom is -0.465 e. The van der Waals surface area contributed by atoms with Crippen LogP contribution in [0.2, 0.25) is 0 Å². The minimum absolute atomic E-state index is 0.227. The zero-order valence-corrected chi connectivity index (χ0v) is 17.2. The molecule has 6 nitrogen and oxygen atoms in total. The van der Waals surface area contributed by atoms with Crippen LogP contribution in [0.3, 0.4) is 0 Å². The van der Waals surface area contributed by atoms with Crippen molar-refractivity contribution in [1.29, 1.82) is 0 Å². The standard InChI is InChI=1S/C20H21NO5S2/c1-3-26-20(23)19-16(18-5-4-10-27-18)11-14(12-17(19)22)13-6-8-15(9-7-13)21-28(2,24)25/h4-10,12,16,19,21H,3,11H2,1-2H3/t16-,19+/m1/s1. The third-order valence-electron chi connectivity index (χ3n) is 4.47. The van der Waals surface area contributed by atoms with E-state index < -0.39 is 21.9 Å². The number of sulfonamides is 1. The molecule has 1 aliphatic rings. The van der Waals surface area contributed by atoms with E-state index in [2.05, 4.69) is 4.72 Å². The van der Waals surface area contributed by atoms with Gasteiger partial charge in [0.25, 0.3) is 0 Å². The minimum atomic E-state index is -3.35. The topological polar surface area (TPSA) is 89.5 Å². The molecule has 8 heteroatoms. The summed E-state index contributed by atoms with van der Waals surface area (Å²) in [6.07, 6.45) is 3.11. The lowest BCUT2D eigenvalue weighted by atomic mass is 9.76. The van der Waals surface area contributed by atoms with Crippen molar-refractivity contribution in [3.63, 3.8) is 0 Å². The fourth-order valence-corrected chi connectivity index (χ4v) is 4.75. The molecule has 1 aliphatic carbocycles. The Bertz CT molecular complexity index is 992. The Balaban J connectivity index is 1.91. The molecule has 1 N–H and O–H groups in total. The molecule has 0 fully saturated rings. The summed E-state index contributed by atoms with van der Waals surface area (Å²) in [5, 5.41) is 1.92. The molecule has 28 heavy (non-hydrogen) atoms. The van der Waals surface area contributed by atoms with Gasteiger partial charge in [0.1, 0.15) is 5.92 Å². The van der Waals surface area contributed by atoms with Crippen molar-refractivity contribution in [3.05, 3.63) is 58.3 Å². The van der Waals surface area contributed by atoms with Gasteiger partial charge in [0.05, 0.1) is 12.9 Å². The molecule has 2 aromatic rings. The van der Waals surface area contributed by atoms with Crippen molar-refractivity contribution in [2.24, 2.45) is 5.92 Å². The van der Waals surface area contributed by atoms with Crippen LogP contribution in [0.1, 0.15) is 29.7 Å². The van der Waals surface area contributed by atoms with E-state index >= 15 is 0 Å². The lowest BCUT2D eigenvalue weighted by Gasteiger charge is -2.28. The summed E-state index contributed by atoms with van der Waals surface area (Å²) in [6, 6.07) is 10.7.